The first-order chi connectivity index (χ1) is 10.6. The van der Waals surface area contributed by atoms with Crippen LogP contribution in [0.2, 0.25) is 5.02 Å². The summed E-state index contributed by atoms with van der Waals surface area (Å²) in [6.45, 7) is 9.21. The first-order valence-corrected chi connectivity index (χ1v) is 7.93. The molecular weight excluding hydrogens is 318 g/mol. The largest absolute Gasteiger partial charge is 0.479 e. The van der Waals surface area contributed by atoms with E-state index in [4.69, 9.17) is 16.3 Å². The Morgan fingerprint density at radius 2 is 1.96 bits per heavy atom. The van der Waals surface area contributed by atoms with Crippen molar-refractivity contribution in [1.29, 1.82) is 0 Å². The molecule has 23 heavy (non-hydrogen) atoms. The maximum atomic E-state index is 12.4. The topological polar surface area (TPSA) is 66.8 Å². The third kappa shape index (κ3) is 5.43. The highest BCUT2D eigenvalue weighted by Crippen LogP contribution is 2.27. The Kier molecular flexibility index (Phi) is 6.45. The van der Waals surface area contributed by atoms with E-state index in [-0.39, 0.29) is 6.54 Å². The smallest absolute Gasteiger partial charge is 0.411 e. The van der Waals surface area contributed by atoms with Crippen molar-refractivity contribution < 1.29 is 19.4 Å². The molecule has 1 rings (SSSR count). The van der Waals surface area contributed by atoms with Crippen LogP contribution in [0.5, 0.6) is 0 Å². The van der Waals surface area contributed by atoms with E-state index in [9.17, 15) is 14.7 Å². The maximum Gasteiger partial charge on any atom is 0.411 e. The summed E-state index contributed by atoms with van der Waals surface area (Å²) in [5.74, 6) is -1.12. The van der Waals surface area contributed by atoms with Gasteiger partial charge in [0.1, 0.15) is 5.60 Å². The zero-order valence-electron chi connectivity index (χ0n) is 14.2. The van der Waals surface area contributed by atoms with Gasteiger partial charge in [0.05, 0.1) is 0 Å². The molecule has 1 aromatic carbocycles. The number of carboxylic acids is 1. The van der Waals surface area contributed by atoms with Crippen LogP contribution in [0.25, 0.3) is 0 Å². The van der Waals surface area contributed by atoms with Gasteiger partial charge in [-0.3, -0.25) is 4.90 Å². The summed E-state index contributed by atoms with van der Waals surface area (Å²) >= 11 is 6.10. The molecule has 0 aromatic heterocycles. The fraction of sp³-hybridized carbons (Fsp3) is 0.529. The van der Waals surface area contributed by atoms with Gasteiger partial charge in [0.25, 0.3) is 0 Å². The minimum absolute atomic E-state index is 0.275. The maximum absolute atomic E-state index is 12.4. The van der Waals surface area contributed by atoms with Crippen molar-refractivity contribution in [3.8, 4) is 0 Å². The van der Waals surface area contributed by atoms with Gasteiger partial charge in [-0.05, 0) is 51.3 Å². The van der Waals surface area contributed by atoms with Crippen LogP contribution in [0.1, 0.15) is 51.3 Å². The SMILES string of the molecule is CCCN(C(=O)OC(C)(C)C)C(C(=O)O)c1ccc(C)c(Cl)c1. The van der Waals surface area contributed by atoms with Crippen molar-refractivity contribution in [3.05, 3.63) is 34.3 Å². The fourth-order valence-corrected chi connectivity index (χ4v) is 2.31. The molecule has 0 fully saturated rings. The second-order valence-corrected chi connectivity index (χ2v) is 6.83. The molecule has 1 atom stereocenters. The number of aryl methyl sites for hydroxylation is 1. The molecule has 0 radical (unpaired) electrons. The van der Waals surface area contributed by atoms with Crippen molar-refractivity contribution >= 4 is 23.7 Å². The number of hydrogen-bond acceptors (Lipinski definition) is 3. The monoisotopic (exact) mass is 341 g/mol. The summed E-state index contributed by atoms with van der Waals surface area (Å²) in [5, 5.41) is 10.1. The highest BCUT2D eigenvalue weighted by molar-refractivity contribution is 6.31. The van der Waals surface area contributed by atoms with E-state index >= 15 is 0 Å². The number of nitrogens with zero attached hydrogens (tertiary/aromatic N) is 1. The van der Waals surface area contributed by atoms with Crippen LogP contribution < -0.4 is 0 Å². The lowest BCUT2D eigenvalue weighted by Crippen LogP contribution is -2.42. The number of benzene rings is 1. The van der Waals surface area contributed by atoms with Crippen LogP contribution in [0, 0.1) is 6.92 Å². The molecule has 1 amide bonds. The third-order valence-corrected chi connectivity index (χ3v) is 3.56. The van der Waals surface area contributed by atoms with Crippen LogP contribution in [-0.4, -0.2) is 34.2 Å². The Hall–Kier alpha value is -1.75. The van der Waals surface area contributed by atoms with E-state index < -0.39 is 23.7 Å². The molecule has 1 aromatic rings. The Bertz CT molecular complexity index is 580. The minimum Gasteiger partial charge on any atom is -0.479 e. The Morgan fingerprint density at radius 1 is 1.35 bits per heavy atom. The van der Waals surface area contributed by atoms with Gasteiger partial charge in [-0.25, -0.2) is 9.59 Å². The number of amides is 1. The zero-order chi connectivity index (χ0) is 17.8. The number of carbonyl (C=O) groups excluding carboxylic acids is 1. The van der Waals surface area contributed by atoms with E-state index in [1.165, 1.54) is 4.90 Å². The van der Waals surface area contributed by atoms with Crippen molar-refractivity contribution in [3.63, 3.8) is 0 Å². The minimum atomic E-state index is -1.14. The molecule has 0 saturated carbocycles. The summed E-state index contributed by atoms with van der Waals surface area (Å²) in [6.07, 6.45) is -0.0359. The normalized spacial score (nSPS) is 12.6. The quantitative estimate of drug-likeness (QED) is 0.860. The summed E-state index contributed by atoms with van der Waals surface area (Å²) in [5.41, 5.74) is 0.600. The van der Waals surface area contributed by atoms with Crippen LogP contribution in [-0.2, 0) is 9.53 Å². The molecule has 0 aliphatic heterocycles. The van der Waals surface area contributed by atoms with Gasteiger partial charge >= 0.3 is 12.1 Å². The number of halogens is 1. The summed E-state index contributed by atoms with van der Waals surface area (Å²) in [7, 11) is 0. The predicted octanol–water partition coefficient (Wildman–Crippen LogP) is 4.42. The van der Waals surface area contributed by atoms with Crippen LogP contribution in [0.4, 0.5) is 4.79 Å². The summed E-state index contributed by atoms with van der Waals surface area (Å²) in [6, 6.07) is 3.87. The molecule has 128 valence electrons. The first-order valence-electron chi connectivity index (χ1n) is 7.55. The van der Waals surface area contributed by atoms with Gasteiger partial charge in [0.2, 0.25) is 0 Å². The van der Waals surface area contributed by atoms with Gasteiger partial charge in [0.15, 0.2) is 6.04 Å². The van der Waals surface area contributed by atoms with Crippen LogP contribution in [0.15, 0.2) is 18.2 Å². The first kappa shape index (κ1) is 19.3. The van der Waals surface area contributed by atoms with Crippen molar-refractivity contribution in [2.24, 2.45) is 0 Å². The lowest BCUT2D eigenvalue weighted by molar-refractivity contribution is -0.143. The van der Waals surface area contributed by atoms with Crippen molar-refractivity contribution in [2.75, 3.05) is 6.54 Å². The lowest BCUT2D eigenvalue weighted by atomic mass is 10.0. The lowest BCUT2D eigenvalue weighted by Gasteiger charge is -2.31. The van der Waals surface area contributed by atoms with E-state index in [1.54, 1.807) is 39.0 Å². The molecule has 1 N–H and O–H groups in total. The summed E-state index contributed by atoms with van der Waals surface area (Å²) in [4.78, 5) is 25.4. The zero-order valence-corrected chi connectivity index (χ0v) is 15.0. The summed E-state index contributed by atoms with van der Waals surface area (Å²) < 4.78 is 5.35. The van der Waals surface area contributed by atoms with Crippen LogP contribution in [0.3, 0.4) is 0 Å². The molecule has 0 aliphatic carbocycles. The highest BCUT2D eigenvalue weighted by Gasteiger charge is 2.33. The third-order valence-electron chi connectivity index (χ3n) is 3.15. The van der Waals surface area contributed by atoms with Crippen molar-refractivity contribution in [1.82, 2.24) is 4.90 Å². The van der Waals surface area contributed by atoms with E-state index in [0.717, 1.165) is 5.56 Å². The highest BCUT2D eigenvalue weighted by atomic mass is 35.5. The molecule has 1 unspecified atom stereocenters. The second kappa shape index (κ2) is 7.68. The van der Waals surface area contributed by atoms with Gasteiger partial charge in [0, 0.05) is 11.6 Å². The van der Waals surface area contributed by atoms with E-state index in [2.05, 4.69) is 0 Å². The number of carboxylic acid groups (broad SMARTS) is 1. The predicted molar refractivity (Wildman–Crippen MR) is 89.8 cm³/mol. The molecule has 6 heteroatoms. The van der Waals surface area contributed by atoms with Gasteiger partial charge in [-0.15, -0.1) is 0 Å². The molecule has 5 nitrogen and oxygen atoms in total. The molecule has 0 bridgehead atoms. The molecule has 0 heterocycles. The number of carbonyl (C=O) groups is 2. The Morgan fingerprint density at radius 3 is 2.39 bits per heavy atom. The Labute approximate surface area is 142 Å². The van der Waals surface area contributed by atoms with Gasteiger partial charge in [-0.2, -0.15) is 0 Å². The molecule has 0 aliphatic rings. The van der Waals surface area contributed by atoms with Crippen molar-refractivity contribution in [2.45, 2.75) is 52.7 Å². The second-order valence-electron chi connectivity index (χ2n) is 6.42. The molecule has 0 spiro atoms. The van der Waals surface area contributed by atoms with Gasteiger partial charge < -0.3 is 9.84 Å². The average Bonchev–Trinajstić information content (AvgIpc) is 2.39. The number of ether oxygens (including phenoxy) is 1. The number of rotatable bonds is 5. The fourth-order valence-electron chi connectivity index (χ4n) is 2.12. The molecular formula is C17H24ClNO4. The average molecular weight is 342 g/mol. The Balaban J connectivity index is 3.23. The number of hydrogen-bond donors (Lipinski definition) is 1. The number of aliphatic carboxylic acids is 1. The van der Waals surface area contributed by atoms with Gasteiger partial charge in [-0.1, -0.05) is 30.7 Å². The van der Waals surface area contributed by atoms with E-state index in [1.807, 2.05) is 13.8 Å². The molecule has 0 saturated heterocycles. The van der Waals surface area contributed by atoms with E-state index in [0.29, 0.717) is 17.0 Å². The standard InChI is InChI=1S/C17H24ClNO4/c1-6-9-19(16(22)23-17(3,4)5)14(15(20)21)12-8-7-11(2)13(18)10-12/h7-8,10,14H,6,9H2,1-5H3,(H,20,21). The van der Waals surface area contributed by atoms with Crippen LogP contribution >= 0.6 is 11.6 Å².